The molecule has 2 aliphatic rings. The molecule has 0 aromatic heterocycles. The molecule has 0 unspecified atom stereocenters. The summed E-state index contributed by atoms with van der Waals surface area (Å²) >= 11 is 0. The van der Waals surface area contributed by atoms with E-state index >= 15 is 0 Å². The van der Waals surface area contributed by atoms with Gasteiger partial charge in [-0.2, -0.15) is 0 Å². The first-order valence-corrected chi connectivity index (χ1v) is 21.9. The molecule has 0 saturated carbocycles. The van der Waals surface area contributed by atoms with Crippen LogP contribution in [0.5, 0.6) is 0 Å². The van der Waals surface area contributed by atoms with E-state index in [-0.39, 0.29) is 39.6 Å². The van der Waals surface area contributed by atoms with E-state index in [1.807, 2.05) is 152 Å². The van der Waals surface area contributed by atoms with E-state index in [2.05, 4.69) is 0 Å². The Morgan fingerprint density at radius 1 is 0.469 bits per heavy atom. The Labute approximate surface area is 375 Å². The normalized spacial score (nSPS) is 26.0. The second-order valence-corrected chi connectivity index (χ2v) is 17.1. The fourth-order valence-electron chi connectivity index (χ4n) is 7.52. The monoisotopic (exact) mass is 876 g/mol. The topological polar surface area (TPSA) is 141 Å². The summed E-state index contributed by atoms with van der Waals surface area (Å²) in [4.78, 5) is 13.9. The van der Waals surface area contributed by atoms with Gasteiger partial charge in [-0.1, -0.05) is 152 Å². The van der Waals surface area contributed by atoms with Crippen LogP contribution < -0.4 is 0 Å². The highest BCUT2D eigenvalue weighted by atomic mass is 16.7. The number of ether oxygens (including phenoxy) is 9. The molecule has 7 rings (SSSR count). The Kier molecular flexibility index (Phi) is 17.2. The summed E-state index contributed by atoms with van der Waals surface area (Å²) < 4.78 is 58.5. The Morgan fingerprint density at radius 3 is 1.28 bits per heavy atom. The number of carbonyl (C=O) groups is 1. The van der Waals surface area contributed by atoms with Crippen LogP contribution in [-0.4, -0.2) is 90.8 Å². The summed E-state index contributed by atoms with van der Waals surface area (Å²) in [5.41, 5.74) is 3.65. The molecular weight excluding hydrogens is 817 g/mol. The molecule has 2 N–H and O–H groups in total. The first-order chi connectivity index (χ1) is 31.1. The standard InChI is InChI=1S/C52H60O12/c1-52(2,3)51(55)64-48-47(60-33-40-27-17-8-18-28-40)45(58-31-38-23-13-6-14-24-38)41(34-56-29-36-19-9-4-10-20-36)63-50(48)61-35-42-44(57-30-37-21-11-5-12-22-37)46(43(53)49(54)62-42)59-32-39-25-15-7-16-26-39/h4-28,41-50,53-54H,29-35H2,1-3H3/t41-,42-,43-,44-,45-,46-,47+,48-,49-,50-/m1/s1. The van der Waals surface area contributed by atoms with E-state index in [0.29, 0.717) is 6.61 Å². The molecule has 2 fully saturated rings. The van der Waals surface area contributed by atoms with E-state index in [1.165, 1.54) is 0 Å². The highest BCUT2D eigenvalue weighted by Crippen LogP contribution is 2.34. The van der Waals surface area contributed by atoms with Crippen LogP contribution in [0.3, 0.4) is 0 Å². The van der Waals surface area contributed by atoms with E-state index in [1.54, 1.807) is 20.8 Å². The molecule has 0 amide bonds. The van der Waals surface area contributed by atoms with Crippen LogP contribution in [0.25, 0.3) is 0 Å². The van der Waals surface area contributed by atoms with Crippen LogP contribution in [0.1, 0.15) is 48.6 Å². The lowest BCUT2D eigenvalue weighted by molar-refractivity contribution is -0.342. The molecule has 64 heavy (non-hydrogen) atoms. The second-order valence-electron chi connectivity index (χ2n) is 17.1. The molecule has 12 nitrogen and oxygen atoms in total. The Bertz CT molecular complexity index is 2090. The summed E-state index contributed by atoms with van der Waals surface area (Å²) in [6.07, 6.45) is -11.0. The van der Waals surface area contributed by atoms with Gasteiger partial charge in [0.1, 0.15) is 42.7 Å². The minimum absolute atomic E-state index is 0.0718. The lowest BCUT2D eigenvalue weighted by atomic mass is 9.95. The maximum atomic E-state index is 13.9. The van der Waals surface area contributed by atoms with Crippen LogP contribution >= 0.6 is 0 Å². The number of hydrogen-bond donors (Lipinski definition) is 2. The number of esters is 1. The van der Waals surface area contributed by atoms with Crippen molar-refractivity contribution in [2.45, 2.75) is 115 Å². The van der Waals surface area contributed by atoms with Crippen LogP contribution in [0.15, 0.2) is 152 Å². The average Bonchev–Trinajstić information content (AvgIpc) is 3.31. The number of aliphatic hydroxyl groups excluding tert-OH is 2. The Balaban J connectivity index is 1.20. The zero-order valence-electron chi connectivity index (χ0n) is 36.6. The van der Waals surface area contributed by atoms with Crippen molar-refractivity contribution in [1.82, 2.24) is 0 Å². The number of rotatable bonds is 20. The molecule has 2 aliphatic heterocycles. The molecule has 5 aromatic carbocycles. The summed E-state index contributed by atoms with van der Waals surface area (Å²) in [7, 11) is 0. The van der Waals surface area contributed by atoms with Gasteiger partial charge in [0.05, 0.1) is 51.7 Å². The van der Waals surface area contributed by atoms with Crippen molar-refractivity contribution in [2.24, 2.45) is 5.41 Å². The van der Waals surface area contributed by atoms with Gasteiger partial charge in [-0.3, -0.25) is 4.79 Å². The van der Waals surface area contributed by atoms with E-state index in [0.717, 1.165) is 27.8 Å². The highest BCUT2D eigenvalue weighted by Gasteiger charge is 2.53. The maximum absolute atomic E-state index is 13.9. The molecular formula is C52H60O12. The third-order valence-electron chi connectivity index (χ3n) is 11.0. The van der Waals surface area contributed by atoms with Crippen LogP contribution in [0, 0.1) is 5.41 Å². The molecule has 0 aliphatic carbocycles. The van der Waals surface area contributed by atoms with Gasteiger partial charge in [-0.05, 0) is 48.6 Å². The fraction of sp³-hybridized carbons (Fsp3) is 0.404. The summed E-state index contributed by atoms with van der Waals surface area (Å²) in [5.74, 6) is -0.505. The first-order valence-electron chi connectivity index (χ1n) is 21.9. The largest absolute Gasteiger partial charge is 0.454 e. The van der Waals surface area contributed by atoms with Crippen molar-refractivity contribution in [3.8, 4) is 0 Å². The average molecular weight is 877 g/mol. The minimum atomic E-state index is -1.63. The van der Waals surface area contributed by atoms with Crippen LogP contribution in [0.4, 0.5) is 0 Å². The molecule has 2 heterocycles. The summed E-state index contributed by atoms with van der Waals surface area (Å²) in [5, 5.41) is 22.5. The summed E-state index contributed by atoms with van der Waals surface area (Å²) in [6, 6.07) is 48.4. The zero-order valence-corrected chi connectivity index (χ0v) is 36.6. The van der Waals surface area contributed by atoms with E-state index in [4.69, 9.17) is 42.6 Å². The third-order valence-corrected chi connectivity index (χ3v) is 11.0. The lowest BCUT2D eigenvalue weighted by Gasteiger charge is -2.47. The fourth-order valence-corrected chi connectivity index (χ4v) is 7.52. The molecule has 5 aromatic rings. The van der Waals surface area contributed by atoms with E-state index in [9.17, 15) is 15.0 Å². The van der Waals surface area contributed by atoms with Crippen molar-refractivity contribution in [3.63, 3.8) is 0 Å². The molecule has 10 atom stereocenters. The molecule has 0 spiro atoms. The number of benzene rings is 5. The zero-order chi connectivity index (χ0) is 44.7. The Hall–Kier alpha value is -4.83. The maximum Gasteiger partial charge on any atom is 0.311 e. The van der Waals surface area contributed by atoms with Gasteiger partial charge in [0.15, 0.2) is 18.7 Å². The smallest absolute Gasteiger partial charge is 0.311 e. The molecule has 12 heteroatoms. The highest BCUT2D eigenvalue weighted by molar-refractivity contribution is 5.75. The number of hydrogen-bond acceptors (Lipinski definition) is 12. The van der Waals surface area contributed by atoms with Crippen molar-refractivity contribution in [3.05, 3.63) is 179 Å². The number of aliphatic hydroxyl groups is 2. The Morgan fingerprint density at radius 2 is 0.844 bits per heavy atom. The first kappa shape index (κ1) is 47.1. The lowest BCUT2D eigenvalue weighted by Crippen LogP contribution is -2.64. The third kappa shape index (κ3) is 13.4. The molecule has 0 radical (unpaired) electrons. The predicted molar refractivity (Wildman–Crippen MR) is 237 cm³/mol. The van der Waals surface area contributed by atoms with Crippen molar-refractivity contribution < 1.29 is 57.6 Å². The van der Waals surface area contributed by atoms with E-state index < -0.39 is 72.8 Å². The summed E-state index contributed by atoms with van der Waals surface area (Å²) in [6.45, 7) is 6.11. The second kappa shape index (κ2) is 23.4. The number of carbonyl (C=O) groups excluding carboxylic acids is 1. The molecule has 0 bridgehead atoms. The minimum Gasteiger partial charge on any atom is -0.454 e. The van der Waals surface area contributed by atoms with Gasteiger partial charge in [0, 0.05) is 0 Å². The van der Waals surface area contributed by atoms with Gasteiger partial charge in [0.25, 0.3) is 0 Å². The van der Waals surface area contributed by atoms with Crippen LogP contribution in [-0.2, 0) is 80.5 Å². The van der Waals surface area contributed by atoms with Gasteiger partial charge < -0.3 is 52.8 Å². The van der Waals surface area contributed by atoms with Crippen molar-refractivity contribution in [1.29, 1.82) is 0 Å². The SMILES string of the molecule is CC(C)(C)C(=O)O[C@H]1[C@H](OC[C@H]2O[C@@H](O)[C@H](O)[C@@H](OCc3ccccc3)[C@@H]2OCc2ccccc2)O[C@H](COCc2ccccc2)[C@@H](OCc2ccccc2)[C@@H]1OCc1ccccc1. The molecule has 2 saturated heterocycles. The van der Waals surface area contributed by atoms with Crippen molar-refractivity contribution in [2.75, 3.05) is 13.2 Å². The van der Waals surface area contributed by atoms with Gasteiger partial charge >= 0.3 is 5.97 Å². The van der Waals surface area contributed by atoms with Gasteiger partial charge in [0.2, 0.25) is 0 Å². The van der Waals surface area contributed by atoms with Gasteiger partial charge in [-0.25, -0.2) is 0 Å². The molecule has 340 valence electrons. The van der Waals surface area contributed by atoms with Gasteiger partial charge in [-0.15, -0.1) is 0 Å². The van der Waals surface area contributed by atoms with Crippen LogP contribution in [0.2, 0.25) is 0 Å². The quantitative estimate of drug-likeness (QED) is 0.0758. The van der Waals surface area contributed by atoms with Crippen molar-refractivity contribution >= 4 is 5.97 Å². The predicted octanol–water partition coefficient (Wildman–Crippen LogP) is 7.32.